The van der Waals surface area contributed by atoms with E-state index >= 15 is 0 Å². The summed E-state index contributed by atoms with van der Waals surface area (Å²) >= 11 is 0. The fourth-order valence-corrected chi connectivity index (χ4v) is 4.72. The first-order valence-electron chi connectivity index (χ1n) is 12.1. The second-order valence-electron chi connectivity index (χ2n) is 10.4. The van der Waals surface area contributed by atoms with Crippen molar-refractivity contribution in [1.29, 1.82) is 0 Å². The summed E-state index contributed by atoms with van der Waals surface area (Å²) in [5.74, 6) is 0.00222. The zero-order chi connectivity index (χ0) is 25.0. The molecule has 0 radical (unpaired) electrons. The summed E-state index contributed by atoms with van der Waals surface area (Å²) in [5, 5.41) is 9.83. The highest BCUT2D eigenvalue weighted by Gasteiger charge is 2.41. The number of ether oxygens (including phenoxy) is 2. The van der Waals surface area contributed by atoms with Gasteiger partial charge in [-0.2, -0.15) is 0 Å². The number of nitrogens with zero attached hydrogens (tertiary/aromatic N) is 3. The van der Waals surface area contributed by atoms with Gasteiger partial charge in [-0.25, -0.2) is 9.18 Å². The van der Waals surface area contributed by atoms with Crippen LogP contribution in [0.5, 0.6) is 5.75 Å². The van der Waals surface area contributed by atoms with Gasteiger partial charge in [0.1, 0.15) is 23.7 Å². The first-order chi connectivity index (χ1) is 16.0. The van der Waals surface area contributed by atoms with Crippen molar-refractivity contribution >= 4 is 17.7 Å². The lowest BCUT2D eigenvalue weighted by molar-refractivity contribution is -0.141. The number of carbonyl (C=O) groups is 2. The number of amides is 2. The average Bonchev–Trinajstić information content (AvgIpc) is 2.78. The largest absolute Gasteiger partial charge is 0.488 e. The molecule has 2 aliphatic rings. The fraction of sp³-hybridized carbons (Fsp3) is 0.680. The Labute approximate surface area is 201 Å². The number of benzene rings is 1. The van der Waals surface area contributed by atoms with E-state index in [1.165, 1.54) is 17.0 Å². The second kappa shape index (κ2) is 10.8. The van der Waals surface area contributed by atoms with Crippen molar-refractivity contribution < 1.29 is 28.6 Å². The van der Waals surface area contributed by atoms with Gasteiger partial charge >= 0.3 is 6.09 Å². The summed E-state index contributed by atoms with van der Waals surface area (Å²) in [6, 6.07) is 3.82. The van der Waals surface area contributed by atoms with Crippen LogP contribution < -0.4 is 9.64 Å². The van der Waals surface area contributed by atoms with Gasteiger partial charge in [0.05, 0.1) is 18.9 Å². The topological polar surface area (TPSA) is 82.6 Å². The predicted molar refractivity (Wildman–Crippen MR) is 128 cm³/mol. The van der Waals surface area contributed by atoms with Crippen molar-refractivity contribution in [3.8, 4) is 5.75 Å². The highest BCUT2D eigenvalue weighted by Crippen LogP contribution is 2.33. The number of rotatable bonds is 6. The number of anilines is 1. The summed E-state index contributed by atoms with van der Waals surface area (Å²) in [6.45, 7) is 12.7. The minimum atomic E-state index is -1.09. The van der Waals surface area contributed by atoms with Crippen molar-refractivity contribution in [3.05, 3.63) is 24.0 Å². The van der Waals surface area contributed by atoms with Crippen molar-refractivity contribution in [1.82, 2.24) is 9.80 Å². The smallest absolute Gasteiger partial charge is 0.408 e. The van der Waals surface area contributed by atoms with E-state index in [4.69, 9.17) is 9.47 Å². The maximum absolute atomic E-state index is 14.0. The zero-order valence-electron chi connectivity index (χ0n) is 20.9. The van der Waals surface area contributed by atoms with E-state index < -0.39 is 17.7 Å². The van der Waals surface area contributed by atoms with Gasteiger partial charge in [-0.1, -0.05) is 13.8 Å². The van der Waals surface area contributed by atoms with Gasteiger partial charge in [-0.05, 0) is 38.8 Å². The molecule has 1 N–H and O–H groups in total. The molecule has 1 aromatic rings. The molecule has 0 saturated carbocycles. The van der Waals surface area contributed by atoms with Crippen molar-refractivity contribution in [3.63, 3.8) is 0 Å². The molecule has 34 heavy (non-hydrogen) atoms. The van der Waals surface area contributed by atoms with E-state index in [9.17, 15) is 19.1 Å². The number of hydrogen-bond acceptors (Lipinski definition) is 5. The van der Waals surface area contributed by atoms with Crippen LogP contribution in [0.15, 0.2) is 18.2 Å². The molecule has 0 aromatic heterocycles. The van der Waals surface area contributed by atoms with Crippen molar-refractivity contribution in [2.24, 2.45) is 5.92 Å². The Bertz CT molecular complexity index is 859. The van der Waals surface area contributed by atoms with E-state index in [2.05, 4.69) is 4.90 Å². The molecule has 190 valence electrons. The molecule has 3 rings (SSSR count). The highest BCUT2D eigenvalue weighted by atomic mass is 19.1. The van der Waals surface area contributed by atoms with Gasteiger partial charge in [-0.3, -0.25) is 9.69 Å². The molecule has 2 fully saturated rings. The summed E-state index contributed by atoms with van der Waals surface area (Å²) < 4.78 is 25.7. The van der Waals surface area contributed by atoms with Gasteiger partial charge in [0.25, 0.3) is 0 Å². The molecule has 9 heteroatoms. The summed E-state index contributed by atoms with van der Waals surface area (Å²) in [6.07, 6.45) is 0.0488. The number of hydrogen-bond donors (Lipinski definition) is 1. The van der Waals surface area contributed by atoms with E-state index in [-0.39, 0.29) is 23.7 Å². The fourth-order valence-electron chi connectivity index (χ4n) is 4.72. The Balaban J connectivity index is 1.67. The van der Waals surface area contributed by atoms with Gasteiger partial charge in [-0.15, -0.1) is 0 Å². The van der Waals surface area contributed by atoms with Crippen molar-refractivity contribution in [2.45, 2.75) is 65.1 Å². The molecule has 2 aliphatic heterocycles. The van der Waals surface area contributed by atoms with E-state index in [1.807, 2.05) is 13.8 Å². The molecule has 0 bridgehead atoms. The van der Waals surface area contributed by atoms with Crippen LogP contribution in [0.25, 0.3) is 0 Å². The third-order valence-electron chi connectivity index (χ3n) is 6.41. The van der Waals surface area contributed by atoms with E-state index in [0.717, 1.165) is 5.69 Å². The first kappa shape index (κ1) is 26.1. The molecule has 0 spiro atoms. The molecule has 1 atom stereocenters. The zero-order valence-corrected chi connectivity index (χ0v) is 20.9. The Hall–Kier alpha value is -2.55. The Kier molecular flexibility index (Phi) is 8.28. The third-order valence-corrected chi connectivity index (χ3v) is 6.41. The number of carbonyl (C=O) groups excluding carboxylic acids is 1. The maximum atomic E-state index is 14.0. The molecule has 8 nitrogen and oxygen atoms in total. The maximum Gasteiger partial charge on any atom is 0.408 e. The number of halogens is 1. The standard InChI is InChI=1S/C25H38FN3O5/c1-17(2)22(29(24(31)32)25(3,4)5)23(30)28-10-8-19(9-11-28)34-21-7-6-18(26)16-20(21)27-12-14-33-15-13-27/h6-7,16-17,19,22H,8-15H2,1-5H3,(H,31,32)/t22-/m0/s1. The van der Waals surface area contributed by atoms with Crippen LogP contribution in [0.1, 0.15) is 47.5 Å². The van der Waals surface area contributed by atoms with E-state index in [0.29, 0.717) is 58.0 Å². The normalized spacial score (nSPS) is 18.7. The molecule has 2 saturated heterocycles. The lowest BCUT2D eigenvalue weighted by Crippen LogP contribution is -2.60. The van der Waals surface area contributed by atoms with Crippen LogP contribution in [0.3, 0.4) is 0 Å². The number of carboxylic acid groups (broad SMARTS) is 1. The minimum absolute atomic E-state index is 0.106. The lowest BCUT2D eigenvalue weighted by atomic mass is 9.94. The van der Waals surface area contributed by atoms with Crippen LogP contribution >= 0.6 is 0 Å². The van der Waals surface area contributed by atoms with Gasteiger partial charge in [0.2, 0.25) is 5.91 Å². The Morgan fingerprint density at radius 2 is 1.76 bits per heavy atom. The molecule has 1 aromatic carbocycles. The van der Waals surface area contributed by atoms with Crippen LogP contribution in [-0.2, 0) is 9.53 Å². The summed E-state index contributed by atoms with van der Waals surface area (Å²) in [7, 11) is 0. The molecular weight excluding hydrogens is 441 g/mol. The van der Waals surface area contributed by atoms with E-state index in [1.54, 1.807) is 31.7 Å². The van der Waals surface area contributed by atoms with Gasteiger partial charge in [0, 0.05) is 50.6 Å². The Morgan fingerprint density at radius 1 is 1.15 bits per heavy atom. The van der Waals surface area contributed by atoms with Gasteiger partial charge in [0.15, 0.2) is 0 Å². The number of morpholine rings is 1. The summed E-state index contributed by atoms with van der Waals surface area (Å²) in [4.78, 5) is 30.5. The monoisotopic (exact) mass is 479 g/mol. The SMILES string of the molecule is CC(C)[C@@H](C(=O)N1CCC(Oc2ccc(F)cc2N2CCOCC2)CC1)N(C(=O)O)C(C)(C)C. The second-order valence-corrected chi connectivity index (χ2v) is 10.4. The number of piperidine rings is 1. The molecule has 2 heterocycles. The number of likely N-dealkylation sites (tertiary alicyclic amines) is 1. The molecular formula is C25H38FN3O5. The molecule has 0 aliphatic carbocycles. The van der Waals surface area contributed by atoms with Crippen LogP contribution in [0, 0.1) is 11.7 Å². The van der Waals surface area contributed by atoms with Crippen LogP contribution in [0.2, 0.25) is 0 Å². The molecule has 0 unspecified atom stereocenters. The Morgan fingerprint density at radius 3 is 2.29 bits per heavy atom. The van der Waals surface area contributed by atoms with Crippen LogP contribution in [0.4, 0.5) is 14.9 Å². The first-order valence-corrected chi connectivity index (χ1v) is 12.1. The molecule has 2 amide bonds. The van der Waals surface area contributed by atoms with Crippen LogP contribution in [-0.4, -0.2) is 84.0 Å². The minimum Gasteiger partial charge on any atom is -0.488 e. The average molecular weight is 480 g/mol. The van der Waals surface area contributed by atoms with Gasteiger partial charge < -0.3 is 24.4 Å². The van der Waals surface area contributed by atoms with Crippen molar-refractivity contribution in [2.75, 3.05) is 44.3 Å². The lowest BCUT2D eigenvalue weighted by Gasteiger charge is -2.43. The third kappa shape index (κ3) is 6.11. The highest BCUT2D eigenvalue weighted by molar-refractivity contribution is 5.86. The predicted octanol–water partition coefficient (Wildman–Crippen LogP) is 3.84. The summed E-state index contributed by atoms with van der Waals surface area (Å²) in [5.41, 5.74) is 0.0278. The quantitative estimate of drug-likeness (QED) is 0.668.